The molecule has 0 aliphatic heterocycles. The molecule has 0 radical (unpaired) electrons. The molecule has 0 fully saturated rings. The molecule has 5 nitrogen and oxygen atoms in total. The van der Waals surface area contributed by atoms with Gasteiger partial charge >= 0.3 is 0 Å². The molecule has 0 atom stereocenters. The Morgan fingerprint density at radius 1 is 0.274 bits per heavy atom. The van der Waals surface area contributed by atoms with Gasteiger partial charge in [0.2, 0.25) is 0 Å². The first-order valence-corrected chi connectivity index (χ1v) is 20.8. The predicted molar refractivity (Wildman–Crippen MR) is 254 cm³/mol. The minimum atomic E-state index is 0.570. The summed E-state index contributed by atoms with van der Waals surface area (Å²) < 4.78 is 13.1. The first-order chi connectivity index (χ1) is 30.7. The van der Waals surface area contributed by atoms with Crippen LogP contribution in [0.15, 0.2) is 209 Å². The van der Waals surface area contributed by atoms with Crippen LogP contribution in [0.25, 0.3) is 133 Å². The second-order valence-electron chi connectivity index (χ2n) is 16.0. The van der Waals surface area contributed by atoms with E-state index in [2.05, 4.69) is 170 Å². The van der Waals surface area contributed by atoms with Gasteiger partial charge in [-0.3, -0.25) is 0 Å². The van der Waals surface area contributed by atoms with Gasteiger partial charge in [-0.25, -0.2) is 15.0 Å². The van der Waals surface area contributed by atoms with Gasteiger partial charge in [-0.1, -0.05) is 152 Å². The molecule has 0 spiro atoms. The number of fused-ring (bicyclic) bond motifs is 9. The molecule has 0 N–H and O–H groups in total. The molecule has 62 heavy (non-hydrogen) atoms. The maximum absolute atomic E-state index is 6.76. The zero-order valence-corrected chi connectivity index (χ0v) is 33.2. The lowest BCUT2D eigenvalue weighted by atomic mass is 9.98. The van der Waals surface area contributed by atoms with Crippen molar-refractivity contribution in [3.8, 4) is 56.4 Å². The van der Waals surface area contributed by atoms with Crippen molar-refractivity contribution < 1.29 is 8.83 Å². The lowest BCUT2D eigenvalue weighted by Crippen LogP contribution is -2.00. The Labute approximate surface area is 355 Å². The number of rotatable bonds is 5. The van der Waals surface area contributed by atoms with Crippen molar-refractivity contribution in [3.05, 3.63) is 200 Å². The highest BCUT2D eigenvalue weighted by Gasteiger charge is 2.20. The van der Waals surface area contributed by atoms with E-state index in [1.54, 1.807) is 0 Å². The van der Waals surface area contributed by atoms with E-state index in [1.165, 1.54) is 16.3 Å². The third-order valence-electron chi connectivity index (χ3n) is 12.3. The van der Waals surface area contributed by atoms with Crippen LogP contribution >= 0.6 is 0 Å². The van der Waals surface area contributed by atoms with Crippen LogP contribution in [0, 0.1) is 0 Å². The lowest BCUT2D eigenvalue weighted by molar-refractivity contribution is 0.669. The van der Waals surface area contributed by atoms with E-state index >= 15 is 0 Å². The Bertz CT molecular complexity index is 3940. The van der Waals surface area contributed by atoms with Crippen LogP contribution in [-0.2, 0) is 0 Å². The van der Waals surface area contributed by atoms with Gasteiger partial charge in [0.15, 0.2) is 17.5 Å². The molecule has 0 aliphatic carbocycles. The second-order valence-corrected chi connectivity index (χ2v) is 16.0. The fraction of sp³-hybridized carbons (Fsp3) is 0. The number of hydrogen-bond acceptors (Lipinski definition) is 5. The van der Waals surface area contributed by atoms with Gasteiger partial charge in [0, 0.05) is 43.8 Å². The number of para-hydroxylation sites is 2. The molecule has 3 aromatic heterocycles. The summed E-state index contributed by atoms with van der Waals surface area (Å²) >= 11 is 0. The molecule has 10 aromatic carbocycles. The third-order valence-corrected chi connectivity index (χ3v) is 12.3. The van der Waals surface area contributed by atoms with Crippen LogP contribution in [0.3, 0.4) is 0 Å². The van der Waals surface area contributed by atoms with E-state index in [1.807, 2.05) is 30.3 Å². The van der Waals surface area contributed by atoms with Crippen LogP contribution < -0.4 is 0 Å². The van der Waals surface area contributed by atoms with Gasteiger partial charge in [0.25, 0.3) is 0 Å². The molecule has 13 aromatic rings. The highest BCUT2D eigenvalue weighted by molar-refractivity contribution is 6.15. The number of aromatic nitrogens is 3. The molecule has 0 bridgehead atoms. The van der Waals surface area contributed by atoms with Crippen LogP contribution in [0.2, 0.25) is 0 Å². The van der Waals surface area contributed by atoms with Crippen molar-refractivity contribution in [1.29, 1.82) is 0 Å². The Kier molecular flexibility index (Phi) is 7.54. The monoisotopic (exact) mass is 791 g/mol. The number of benzene rings is 10. The van der Waals surface area contributed by atoms with Gasteiger partial charge in [-0.15, -0.1) is 0 Å². The SMILES string of the molecule is c1ccc(-c2ccc3ccc(-c4nc(-c5ccc6cc7c(cc6c5)oc5ccccc57)nc(-c5cccc6oc7c(-c8ccc9ccccc9c8)cccc7c56)n4)cc3c2)cc1. The number of nitrogens with zero attached hydrogens (tertiary/aromatic N) is 3. The molecule has 0 saturated carbocycles. The smallest absolute Gasteiger partial charge is 0.164 e. The molecular weight excluding hydrogens is 759 g/mol. The van der Waals surface area contributed by atoms with Crippen molar-refractivity contribution in [2.75, 3.05) is 0 Å². The van der Waals surface area contributed by atoms with Crippen molar-refractivity contribution in [2.24, 2.45) is 0 Å². The minimum absolute atomic E-state index is 0.570. The Hall–Kier alpha value is -8.41. The summed E-state index contributed by atoms with van der Waals surface area (Å²) in [6.45, 7) is 0. The van der Waals surface area contributed by atoms with Crippen LogP contribution in [0.5, 0.6) is 0 Å². The summed E-state index contributed by atoms with van der Waals surface area (Å²) in [5.41, 5.74) is 10.4. The van der Waals surface area contributed by atoms with E-state index in [9.17, 15) is 0 Å². The lowest BCUT2D eigenvalue weighted by Gasteiger charge is -2.11. The predicted octanol–water partition coefficient (Wildman–Crippen LogP) is 15.5. The van der Waals surface area contributed by atoms with Gasteiger partial charge in [-0.05, 0) is 97.5 Å². The average molecular weight is 792 g/mol. The summed E-state index contributed by atoms with van der Waals surface area (Å²) in [6, 6.07) is 70.0. The van der Waals surface area contributed by atoms with Crippen molar-refractivity contribution in [1.82, 2.24) is 15.0 Å². The molecule has 13 rings (SSSR count). The first-order valence-electron chi connectivity index (χ1n) is 20.8. The van der Waals surface area contributed by atoms with Gasteiger partial charge in [0.05, 0.1) is 0 Å². The standard InChI is InChI=1S/C57H33N3O2/c1-2-10-34(11-3-1)38-23-20-36-22-26-41(30-43(36)29-38)55-58-56(42-27-24-39-32-49-46-14-6-7-18-50(46)61-52(49)33-44(39)31-42)60-57(59-55)48-17-9-19-51-53(48)47-16-8-15-45(54(47)62-51)40-25-21-35-12-4-5-13-37(35)28-40/h1-33H. The van der Waals surface area contributed by atoms with Gasteiger partial charge in [-0.2, -0.15) is 0 Å². The number of furan rings is 2. The fourth-order valence-electron chi connectivity index (χ4n) is 9.18. The van der Waals surface area contributed by atoms with Crippen molar-refractivity contribution in [3.63, 3.8) is 0 Å². The van der Waals surface area contributed by atoms with E-state index in [0.29, 0.717) is 17.5 Å². The van der Waals surface area contributed by atoms with E-state index in [0.717, 1.165) is 98.8 Å². The molecule has 0 saturated heterocycles. The van der Waals surface area contributed by atoms with Crippen molar-refractivity contribution >= 4 is 76.2 Å². The zero-order chi connectivity index (χ0) is 40.7. The Morgan fingerprint density at radius 2 is 0.839 bits per heavy atom. The Morgan fingerprint density at radius 3 is 1.68 bits per heavy atom. The topological polar surface area (TPSA) is 65.0 Å². The Balaban J connectivity index is 1.01. The molecule has 3 heterocycles. The highest BCUT2D eigenvalue weighted by Crippen LogP contribution is 2.41. The molecule has 0 unspecified atom stereocenters. The van der Waals surface area contributed by atoms with Crippen LogP contribution in [0.4, 0.5) is 0 Å². The molecule has 288 valence electrons. The van der Waals surface area contributed by atoms with E-state index < -0.39 is 0 Å². The van der Waals surface area contributed by atoms with Crippen LogP contribution in [0.1, 0.15) is 0 Å². The molecular formula is C57H33N3O2. The fourth-order valence-corrected chi connectivity index (χ4v) is 9.18. The van der Waals surface area contributed by atoms with Crippen LogP contribution in [-0.4, -0.2) is 15.0 Å². The highest BCUT2D eigenvalue weighted by atomic mass is 16.3. The largest absolute Gasteiger partial charge is 0.456 e. The molecule has 0 aliphatic rings. The molecule has 5 heteroatoms. The third kappa shape index (κ3) is 5.60. The first kappa shape index (κ1) is 34.5. The summed E-state index contributed by atoms with van der Waals surface area (Å²) in [7, 11) is 0. The molecule has 0 amide bonds. The van der Waals surface area contributed by atoms with Crippen molar-refractivity contribution in [2.45, 2.75) is 0 Å². The average Bonchev–Trinajstić information content (AvgIpc) is 3.91. The van der Waals surface area contributed by atoms with E-state index in [4.69, 9.17) is 23.8 Å². The summed E-state index contributed by atoms with van der Waals surface area (Å²) in [4.78, 5) is 15.8. The number of hydrogen-bond donors (Lipinski definition) is 0. The maximum Gasteiger partial charge on any atom is 0.164 e. The summed E-state index contributed by atoms with van der Waals surface area (Å²) in [5, 5.41) is 11.0. The quantitative estimate of drug-likeness (QED) is 0.174. The maximum atomic E-state index is 6.76. The summed E-state index contributed by atoms with van der Waals surface area (Å²) in [5.74, 6) is 1.74. The summed E-state index contributed by atoms with van der Waals surface area (Å²) in [6.07, 6.45) is 0. The minimum Gasteiger partial charge on any atom is -0.456 e. The zero-order valence-electron chi connectivity index (χ0n) is 33.2. The van der Waals surface area contributed by atoms with Gasteiger partial charge in [0.1, 0.15) is 22.3 Å². The van der Waals surface area contributed by atoms with E-state index in [-0.39, 0.29) is 0 Å². The second kappa shape index (κ2) is 13.6. The normalized spacial score (nSPS) is 11.9. The van der Waals surface area contributed by atoms with Gasteiger partial charge < -0.3 is 8.83 Å².